The Kier molecular flexibility index (Phi) is 4.63. The van der Waals surface area contributed by atoms with Crippen LogP contribution < -0.4 is 9.80 Å². The molecule has 1 aliphatic heterocycles. The Balaban J connectivity index is 1.88. The molecule has 0 aliphatic carbocycles. The summed E-state index contributed by atoms with van der Waals surface area (Å²) in [5, 5.41) is 0.998. The fraction of sp³-hybridized carbons (Fsp3) is 0.318. The molecule has 0 fully saturated rings. The van der Waals surface area contributed by atoms with Gasteiger partial charge >= 0.3 is 5.97 Å². The van der Waals surface area contributed by atoms with Crippen molar-refractivity contribution in [2.24, 2.45) is 0 Å². The van der Waals surface area contributed by atoms with Crippen LogP contribution in [0.2, 0.25) is 0 Å². The van der Waals surface area contributed by atoms with E-state index in [0.29, 0.717) is 6.42 Å². The lowest BCUT2D eigenvalue weighted by Crippen LogP contribution is -2.29. The highest BCUT2D eigenvalue weighted by molar-refractivity contribution is 5.93. The lowest BCUT2D eigenvalue weighted by molar-refractivity contribution is -0.141. The van der Waals surface area contributed by atoms with Gasteiger partial charge in [-0.15, -0.1) is 0 Å². The van der Waals surface area contributed by atoms with Crippen LogP contribution in [0.1, 0.15) is 24.8 Å². The van der Waals surface area contributed by atoms with Crippen LogP contribution in [0, 0.1) is 0 Å². The molecule has 1 aliphatic rings. The second-order valence-electron chi connectivity index (χ2n) is 7.35. The van der Waals surface area contributed by atoms with Crippen LogP contribution in [0.5, 0.6) is 0 Å². The number of esters is 1. The Morgan fingerprint density at radius 1 is 1.18 bits per heavy atom. The smallest absolute Gasteiger partial charge is 0.306 e. The summed E-state index contributed by atoms with van der Waals surface area (Å²) >= 11 is 0. The number of hydrogen-bond acceptors (Lipinski definition) is 6. The first-order chi connectivity index (χ1) is 13.5. The molecule has 6 heteroatoms. The summed E-state index contributed by atoms with van der Waals surface area (Å²) in [7, 11) is 5.48. The zero-order chi connectivity index (χ0) is 19.8. The highest BCUT2D eigenvalue weighted by Gasteiger charge is 2.39. The van der Waals surface area contributed by atoms with Crippen LogP contribution in [-0.2, 0) is 9.53 Å². The number of hydrogen-bond donors (Lipinski definition) is 0. The zero-order valence-corrected chi connectivity index (χ0v) is 16.6. The monoisotopic (exact) mass is 376 g/mol. The van der Waals surface area contributed by atoms with Crippen molar-refractivity contribution < 1.29 is 9.53 Å². The minimum atomic E-state index is -0.201. The summed E-state index contributed by atoms with van der Waals surface area (Å²) < 4.78 is 4.97. The predicted octanol–water partition coefficient (Wildman–Crippen LogP) is 3.88. The molecule has 28 heavy (non-hydrogen) atoms. The fourth-order valence-corrected chi connectivity index (χ4v) is 4.03. The number of carbonyl (C=O) groups is 1. The van der Waals surface area contributed by atoms with E-state index >= 15 is 0 Å². The molecule has 2 aromatic carbocycles. The first-order valence-corrected chi connectivity index (χ1v) is 9.38. The number of methoxy groups -OCH3 is 1. The van der Waals surface area contributed by atoms with Crippen LogP contribution in [-0.4, -0.2) is 43.2 Å². The van der Waals surface area contributed by atoms with E-state index in [9.17, 15) is 4.79 Å². The fourth-order valence-electron chi connectivity index (χ4n) is 4.03. The van der Waals surface area contributed by atoms with E-state index < -0.39 is 0 Å². The van der Waals surface area contributed by atoms with Crippen molar-refractivity contribution in [3.05, 3.63) is 54.4 Å². The topological polar surface area (TPSA) is 58.6 Å². The largest absolute Gasteiger partial charge is 0.469 e. The molecular weight excluding hydrogens is 352 g/mol. The molecule has 0 amide bonds. The van der Waals surface area contributed by atoms with E-state index in [4.69, 9.17) is 4.74 Å². The number of nitrogens with zero attached hydrogens (tertiary/aromatic N) is 4. The molecule has 1 aromatic heterocycles. The molecular formula is C22H24N4O2. The number of ether oxygens (including phenoxy) is 1. The van der Waals surface area contributed by atoms with E-state index in [0.717, 1.165) is 33.7 Å². The molecule has 0 spiro atoms. The number of fused-ring (bicyclic) bond motifs is 2. The minimum absolute atomic E-state index is 0.0241. The average Bonchev–Trinajstić information content (AvgIpc) is 2.98. The maximum Gasteiger partial charge on any atom is 0.306 e. The second-order valence-corrected chi connectivity index (χ2v) is 7.35. The number of para-hydroxylation sites is 1. The van der Waals surface area contributed by atoms with E-state index in [1.54, 1.807) is 6.33 Å². The van der Waals surface area contributed by atoms with Gasteiger partial charge in [0.15, 0.2) is 0 Å². The van der Waals surface area contributed by atoms with Gasteiger partial charge in [-0.2, -0.15) is 0 Å². The molecule has 0 saturated heterocycles. The first kappa shape index (κ1) is 18.2. The lowest BCUT2D eigenvalue weighted by Gasteiger charge is -2.27. The van der Waals surface area contributed by atoms with Crippen molar-refractivity contribution in [1.82, 2.24) is 9.97 Å². The molecule has 0 bridgehead atoms. The second kappa shape index (κ2) is 7.11. The summed E-state index contributed by atoms with van der Waals surface area (Å²) in [6.07, 6.45) is 1.94. The zero-order valence-electron chi connectivity index (χ0n) is 16.6. The van der Waals surface area contributed by atoms with Crippen molar-refractivity contribution >= 4 is 34.1 Å². The number of benzene rings is 2. The van der Waals surface area contributed by atoms with Crippen molar-refractivity contribution in [3.63, 3.8) is 0 Å². The third kappa shape index (κ3) is 2.95. The van der Waals surface area contributed by atoms with Crippen LogP contribution in [0.25, 0.3) is 10.9 Å². The molecule has 2 atom stereocenters. The average molecular weight is 376 g/mol. The molecule has 6 nitrogen and oxygen atoms in total. The number of rotatable bonds is 4. The first-order valence-electron chi connectivity index (χ1n) is 9.38. The maximum absolute atomic E-state index is 12.1. The number of anilines is 3. The standard InChI is InChI=1S/C22H24N4O2/c1-14-17(12-21(27)28-4)18-11-15(25(2)3)9-10-20(18)26(14)22-16-7-5-6-8-19(16)23-13-24-22/h5-11,13-14,17H,12H2,1-4H3. The predicted molar refractivity (Wildman–Crippen MR) is 111 cm³/mol. The van der Waals surface area contributed by atoms with Gasteiger partial charge in [-0.1, -0.05) is 12.1 Å². The molecule has 0 N–H and O–H groups in total. The van der Waals surface area contributed by atoms with Gasteiger partial charge in [0.1, 0.15) is 12.1 Å². The van der Waals surface area contributed by atoms with Gasteiger partial charge in [0, 0.05) is 42.8 Å². The summed E-state index contributed by atoms with van der Waals surface area (Å²) in [5.41, 5.74) is 4.24. The van der Waals surface area contributed by atoms with Crippen LogP contribution in [0.15, 0.2) is 48.8 Å². The highest BCUT2D eigenvalue weighted by Crippen LogP contribution is 2.48. The van der Waals surface area contributed by atoms with Gasteiger partial charge in [-0.05, 0) is 42.8 Å². The summed E-state index contributed by atoms with van der Waals surface area (Å²) in [6.45, 7) is 2.14. The van der Waals surface area contributed by atoms with Gasteiger partial charge < -0.3 is 14.5 Å². The number of aromatic nitrogens is 2. The third-order valence-electron chi connectivity index (χ3n) is 5.54. The summed E-state index contributed by atoms with van der Waals surface area (Å²) in [5.74, 6) is 0.688. The summed E-state index contributed by atoms with van der Waals surface area (Å²) in [4.78, 5) is 25.4. The van der Waals surface area contributed by atoms with Gasteiger partial charge in [0.25, 0.3) is 0 Å². The third-order valence-corrected chi connectivity index (χ3v) is 5.54. The normalized spacial score (nSPS) is 18.2. The van der Waals surface area contributed by atoms with E-state index in [1.807, 2.05) is 38.4 Å². The van der Waals surface area contributed by atoms with Crippen LogP contribution >= 0.6 is 0 Å². The van der Waals surface area contributed by atoms with Crippen molar-refractivity contribution in [1.29, 1.82) is 0 Å². The Labute approximate surface area is 164 Å². The molecule has 4 rings (SSSR count). The Morgan fingerprint density at radius 2 is 1.96 bits per heavy atom. The van der Waals surface area contributed by atoms with Gasteiger partial charge in [-0.3, -0.25) is 4.79 Å². The van der Waals surface area contributed by atoms with Crippen molar-refractivity contribution in [3.8, 4) is 0 Å². The SMILES string of the molecule is COC(=O)CC1c2cc(N(C)C)ccc2N(c2ncnc3ccccc23)C1C. The summed E-state index contributed by atoms with van der Waals surface area (Å²) in [6, 6.07) is 14.5. The Morgan fingerprint density at radius 3 is 2.71 bits per heavy atom. The highest BCUT2D eigenvalue weighted by atomic mass is 16.5. The van der Waals surface area contributed by atoms with Gasteiger partial charge in [0.05, 0.1) is 19.0 Å². The van der Waals surface area contributed by atoms with Crippen molar-refractivity contribution in [2.45, 2.75) is 25.3 Å². The van der Waals surface area contributed by atoms with E-state index in [2.05, 4.69) is 44.9 Å². The molecule has 3 aromatic rings. The van der Waals surface area contributed by atoms with Crippen LogP contribution in [0.4, 0.5) is 17.2 Å². The Hall–Kier alpha value is -3.15. The van der Waals surface area contributed by atoms with Crippen LogP contribution in [0.3, 0.4) is 0 Å². The maximum atomic E-state index is 12.1. The Bertz CT molecular complexity index is 1030. The number of carbonyl (C=O) groups excluding carboxylic acids is 1. The molecule has 2 unspecified atom stereocenters. The van der Waals surface area contributed by atoms with Gasteiger partial charge in [0.2, 0.25) is 0 Å². The van der Waals surface area contributed by atoms with E-state index in [-0.39, 0.29) is 17.9 Å². The van der Waals surface area contributed by atoms with E-state index in [1.165, 1.54) is 7.11 Å². The molecule has 0 radical (unpaired) electrons. The lowest BCUT2D eigenvalue weighted by atomic mass is 9.92. The van der Waals surface area contributed by atoms with Crippen molar-refractivity contribution in [2.75, 3.05) is 31.0 Å². The quantitative estimate of drug-likeness (QED) is 0.644. The van der Waals surface area contributed by atoms with Gasteiger partial charge in [-0.25, -0.2) is 9.97 Å². The molecule has 0 saturated carbocycles. The molecule has 144 valence electrons. The minimum Gasteiger partial charge on any atom is -0.469 e. The molecule has 2 heterocycles.